The minimum atomic E-state index is -0.719. The van der Waals surface area contributed by atoms with Gasteiger partial charge in [0, 0.05) is 10.5 Å². The second-order valence-electron chi connectivity index (χ2n) is 5.67. The molecule has 2 N–H and O–H groups in total. The van der Waals surface area contributed by atoms with Crippen LogP contribution < -0.4 is 5.32 Å². The molecule has 20 heavy (non-hydrogen) atoms. The summed E-state index contributed by atoms with van der Waals surface area (Å²) in [5, 5.41) is 21.9. The molecule has 0 aliphatic heterocycles. The third kappa shape index (κ3) is 2.18. The molecule has 0 amide bonds. The summed E-state index contributed by atoms with van der Waals surface area (Å²) in [5.41, 5.74) is 1.28. The quantitative estimate of drug-likeness (QED) is 0.889. The van der Waals surface area contributed by atoms with Gasteiger partial charge in [0.25, 0.3) is 0 Å². The van der Waals surface area contributed by atoms with E-state index in [1.165, 1.54) is 0 Å². The first-order valence-electron chi connectivity index (χ1n) is 6.79. The number of rotatable bonds is 3. The largest absolute Gasteiger partial charge is 0.481 e. The molecule has 5 heteroatoms. The Bertz CT molecular complexity index is 596. The molecule has 1 aromatic carbocycles. The van der Waals surface area contributed by atoms with Crippen LogP contribution >= 0.6 is 15.9 Å². The standard InChI is InChI=1S/C15H15BrN2O2/c16-11-4-3-10(7-17)12(6-11)18-14-9-2-1-8(5-9)13(14)15(19)20/h3-4,6,8-9,13-14,18H,1-2,5H2,(H,19,20). The van der Waals surface area contributed by atoms with E-state index in [0.29, 0.717) is 11.5 Å². The van der Waals surface area contributed by atoms with Gasteiger partial charge < -0.3 is 10.4 Å². The zero-order chi connectivity index (χ0) is 14.3. The second kappa shape index (κ2) is 5.10. The van der Waals surface area contributed by atoms with Crippen molar-refractivity contribution in [3.05, 3.63) is 28.2 Å². The highest BCUT2D eigenvalue weighted by Gasteiger charge is 2.51. The van der Waals surface area contributed by atoms with E-state index in [1.54, 1.807) is 6.07 Å². The molecule has 0 radical (unpaired) electrons. The Balaban J connectivity index is 1.89. The van der Waals surface area contributed by atoms with Gasteiger partial charge in [0.2, 0.25) is 0 Å². The molecule has 0 saturated heterocycles. The SMILES string of the molecule is N#Cc1ccc(Br)cc1NC1C2CCC(C2)C1C(=O)O. The number of benzene rings is 1. The van der Waals surface area contributed by atoms with Crippen molar-refractivity contribution < 1.29 is 9.90 Å². The summed E-state index contributed by atoms with van der Waals surface area (Å²) in [7, 11) is 0. The summed E-state index contributed by atoms with van der Waals surface area (Å²) in [4.78, 5) is 11.5. The van der Waals surface area contributed by atoms with E-state index in [9.17, 15) is 9.90 Å². The molecular formula is C15H15BrN2O2. The van der Waals surface area contributed by atoms with Crippen LogP contribution in [0.3, 0.4) is 0 Å². The van der Waals surface area contributed by atoms with E-state index in [1.807, 2.05) is 12.1 Å². The summed E-state index contributed by atoms with van der Waals surface area (Å²) in [6, 6.07) is 7.51. The third-order valence-corrected chi connectivity index (χ3v) is 5.12. The topological polar surface area (TPSA) is 73.1 Å². The highest BCUT2D eigenvalue weighted by Crippen LogP contribution is 2.49. The number of nitrogens with one attached hydrogen (secondary N) is 1. The molecule has 4 nitrogen and oxygen atoms in total. The zero-order valence-corrected chi connectivity index (χ0v) is 12.4. The van der Waals surface area contributed by atoms with Gasteiger partial charge in [-0.1, -0.05) is 15.9 Å². The summed E-state index contributed by atoms with van der Waals surface area (Å²) in [6.45, 7) is 0. The highest BCUT2D eigenvalue weighted by molar-refractivity contribution is 9.10. The van der Waals surface area contributed by atoms with Crippen molar-refractivity contribution >= 4 is 27.6 Å². The predicted molar refractivity (Wildman–Crippen MR) is 78.2 cm³/mol. The van der Waals surface area contributed by atoms with Gasteiger partial charge in [-0.2, -0.15) is 5.26 Å². The molecule has 0 heterocycles. The number of nitrogens with zero attached hydrogens (tertiary/aromatic N) is 1. The fourth-order valence-corrected chi connectivity index (χ4v) is 4.13. The lowest BCUT2D eigenvalue weighted by Crippen LogP contribution is -2.39. The molecule has 2 bridgehead atoms. The molecule has 104 valence electrons. The molecule has 4 unspecified atom stereocenters. The highest BCUT2D eigenvalue weighted by atomic mass is 79.9. The lowest BCUT2D eigenvalue weighted by Gasteiger charge is -2.30. The molecule has 2 aliphatic carbocycles. The summed E-state index contributed by atoms with van der Waals surface area (Å²) in [5.74, 6) is -0.359. The van der Waals surface area contributed by atoms with E-state index in [-0.39, 0.29) is 17.9 Å². The van der Waals surface area contributed by atoms with Gasteiger partial charge in [0.1, 0.15) is 6.07 Å². The Kier molecular flexibility index (Phi) is 3.43. The van der Waals surface area contributed by atoms with Gasteiger partial charge in [0.15, 0.2) is 0 Å². The summed E-state index contributed by atoms with van der Waals surface area (Å²) < 4.78 is 0.883. The maximum absolute atomic E-state index is 11.5. The molecular weight excluding hydrogens is 320 g/mol. The molecule has 1 aromatic rings. The summed E-state index contributed by atoms with van der Waals surface area (Å²) >= 11 is 3.39. The van der Waals surface area contributed by atoms with Crippen molar-refractivity contribution in [2.45, 2.75) is 25.3 Å². The van der Waals surface area contributed by atoms with E-state index in [4.69, 9.17) is 5.26 Å². The number of carboxylic acid groups (broad SMARTS) is 1. The Morgan fingerprint density at radius 1 is 1.40 bits per heavy atom. The van der Waals surface area contributed by atoms with Crippen LogP contribution in [0, 0.1) is 29.1 Å². The second-order valence-corrected chi connectivity index (χ2v) is 6.58. The number of fused-ring (bicyclic) bond motifs is 2. The van der Waals surface area contributed by atoms with Crippen LogP contribution in [0.5, 0.6) is 0 Å². The fraction of sp³-hybridized carbons (Fsp3) is 0.467. The first-order valence-corrected chi connectivity index (χ1v) is 7.58. The molecule has 2 aliphatic rings. The average Bonchev–Trinajstić information content (AvgIpc) is 2.99. The monoisotopic (exact) mass is 334 g/mol. The normalized spacial score (nSPS) is 31.0. The minimum Gasteiger partial charge on any atom is -0.481 e. The predicted octanol–water partition coefficient (Wildman–Crippen LogP) is 3.23. The lowest BCUT2D eigenvalue weighted by molar-refractivity contribution is -0.143. The summed E-state index contributed by atoms with van der Waals surface area (Å²) in [6.07, 6.45) is 3.09. The van der Waals surface area contributed by atoms with Gasteiger partial charge in [-0.05, 0) is 49.3 Å². The van der Waals surface area contributed by atoms with E-state index in [0.717, 1.165) is 29.4 Å². The van der Waals surface area contributed by atoms with Gasteiger partial charge in [-0.25, -0.2) is 0 Å². The van der Waals surface area contributed by atoms with Gasteiger partial charge in [0.05, 0.1) is 17.2 Å². The van der Waals surface area contributed by atoms with Crippen molar-refractivity contribution in [3.8, 4) is 6.07 Å². The number of hydrogen-bond acceptors (Lipinski definition) is 3. The minimum absolute atomic E-state index is 0.0624. The van der Waals surface area contributed by atoms with Gasteiger partial charge in [-0.3, -0.25) is 4.79 Å². The maximum Gasteiger partial charge on any atom is 0.308 e. The fourth-order valence-electron chi connectivity index (χ4n) is 3.77. The number of nitriles is 1. The smallest absolute Gasteiger partial charge is 0.308 e. The van der Waals surface area contributed by atoms with Crippen molar-refractivity contribution in [3.63, 3.8) is 0 Å². The number of carboxylic acids is 1. The van der Waals surface area contributed by atoms with Crippen LogP contribution in [0.25, 0.3) is 0 Å². The van der Waals surface area contributed by atoms with Crippen LogP contribution in [0.1, 0.15) is 24.8 Å². The number of hydrogen-bond donors (Lipinski definition) is 2. The van der Waals surface area contributed by atoms with Crippen molar-refractivity contribution in [2.24, 2.45) is 17.8 Å². The number of anilines is 1. The van der Waals surface area contributed by atoms with Crippen molar-refractivity contribution in [2.75, 3.05) is 5.32 Å². The maximum atomic E-state index is 11.5. The van der Waals surface area contributed by atoms with Crippen LogP contribution in [0.2, 0.25) is 0 Å². The molecule has 0 spiro atoms. The molecule has 3 rings (SSSR count). The first-order chi connectivity index (χ1) is 9.60. The van der Waals surface area contributed by atoms with E-state index < -0.39 is 5.97 Å². The average molecular weight is 335 g/mol. The first kappa shape index (κ1) is 13.4. The van der Waals surface area contributed by atoms with Gasteiger partial charge in [-0.15, -0.1) is 0 Å². The zero-order valence-electron chi connectivity index (χ0n) is 10.8. The van der Waals surface area contributed by atoms with Crippen LogP contribution in [0.4, 0.5) is 5.69 Å². The Morgan fingerprint density at radius 2 is 2.15 bits per heavy atom. The third-order valence-electron chi connectivity index (χ3n) is 4.63. The van der Waals surface area contributed by atoms with Crippen LogP contribution in [-0.2, 0) is 4.79 Å². The Morgan fingerprint density at radius 3 is 2.85 bits per heavy atom. The van der Waals surface area contributed by atoms with Crippen molar-refractivity contribution in [1.82, 2.24) is 0 Å². The molecule has 2 saturated carbocycles. The molecule has 0 aromatic heterocycles. The molecule has 2 fully saturated rings. The Hall–Kier alpha value is -1.54. The number of halogens is 1. The van der Waals surface area contributed by atoms with E-state index in [2.05, 4.69) is 27.3 Å². The number of aliphatic carboxylic acids is 1. The van der Waals surface area contributed by atoms with E-state index >= 15 is 0 Å². The number of carbonyl (C=O) groups is 1. The molecule has 4 atom stereocenters. The van der Waals surface area contributed by atoms with Crippen molar-refractivity contribution in [1.29, 1.82) is 5.26 Å². The Labute approximate surface area is 125 Å². The lowest BCUT2D eigenvalue weighted by atomic mass is 9.84. The van der Waals surface area contributed by atoms with Crippen LogP contribution in [0.15, 0.2) is 22.7 Å². The van der Waals surface area contributed by atoms with Crippen LogP contribution in [-0.4, -0.2) is 17.1 Å². The van der Waals surface area contributed by atoms with Gasteiger partial charge >= 0.3 is 5.97 Å².